The number of esters is 2. The van der Waals surface area contributed by atoms with Gasteiger partial charge in [-0.1, -0.05) is 53.5 Å². The van der Waals surface area contributed by atoms with Crippen LogP contribution in [-0.2, 0) is 24.7 Å². The van der Waals surface area contributed by atoms with E-state index in [1.807, 2.05) is 18.2 Å². The maximum absolute atomic E-state index is 12.6. The van der Waals surface area contributed by atoms with E-state index < -0.39 is 17.5 Å². The van der Waals surface area contributed by atoms with E-state index in [-0.39, 0.29) is 11.3 Å². The topological polar surface area (TPSA) is 52.6 Å². The highest BCUT2D eigenvalue weighted by atomic mass is 35.5. The minimum atomic E-state index is -1.25. The third-order valence-electron chi connectivity index (χ3n) is 3.93. The van der Waals surface area contributed by atoms with Crippen molar-refractivity contribution in [2.24, 2.45) is 0 Å². The summed E-state index contributed by atoms with van der Waals surface area (Å²) in [5.41, 5.74) is -0.123. The Morgan fingerprint density at radius 2 is 1.80 bits per heavy atom. The van der Waals surface area contributed by atoms with Crippen LogP contribution in [0.5, 0.6) is 0 Å². The molecule has 4 nitrogen and oxygen atoms in total. The van der Waals surface area contributed by atoms with Gasteiger partial charge in [-0.25, -0.2) is 4.79 Å². The Morgan fingerprint density at radius 3 is 2.44 bits per heavy atom. The van der Waals surface area contributed by atoms with E-state index in [9.17, 15) is 9.59 Å². The zero-order chi connectivity index (χ0) is 18.2. The molecule has 2 aromatic carbocycles. The number of cyclic esters (lactones) is 1. The van der Waals surface area contributed by atoms with E-state index >= 15 is 0 Å². The largest absolute Gasteiger partial charge is 0.442 e. The van der Waals surface area contributed by atoms with Crippen LogP contribution >= 0.6 is 23.2 Å². The molecule has 1 aliphatic heterocycles. The molecule has 128 valence electrons. The van der Waals surface area contributed by atoms with Gasteiger partial charge in [-0.3, -0.25) is 4.79 Å². The van der Waals surface area contributed by atoms with E-state index in [4.69, 9.17) is 32.7 Å². The van der Waals surface area contributed by atoms with E-state index in [1.165, 1.54) is 6.92 Å². The first kappa shape index (κ1) is 17.5. The number of ether oxygens (including phenoxy) is 2. The summed E-state index contributed by atoms with van der Waals surface area (Å²) in [6, 6.07) is 13.8. The number of halogens is 2. The molecule has 0 aliphatic carbocycles. The van der Waals surface area contributed by atoms with Gasteiger partial charge in [-0.05, 0) is 25.1 Å². The van der Waals surface area contributed by atoms with Crippen LogP contribution in [0.25, 0.3) is 5.57 Å². The van der Waals surface area contributed by atoms with E-state index in [0.29, 0.717) is 21.2 Å². The van der Waals surface area contributed by atoms with Gasteiger partial charge < -0.3 is 9.47 Å². The predicted octanol–water partition coefficient (Wildman–Crippen LogP) is 4.74. The van der Waals surface area contributed by atoms with Crippen molar-refractivity contribution in [3.05, 3.63) is 75.5 Å². The average molecular weight is 377 g/mol. The van der Waals surface area contributed by atoms with Crippen LogP contribution in [0.3, 0.4) is 0 Å². The molecule has 6 heteroatoms. The van der Waals surface area contributed by atoms with Gasteiger partial charge >= 0.3 is 11.9 Å². The van der Waals surface area contributed by atoms with Crippen molar-refractivity contribution in [3.63, 3.8) is 0 Å². The molecule has 1 unspecified atom stereocenters. The molecule has 0 saturated heterocycles. The van der Waals surface area contributed by atoms with Gasteiger partial charge in [-0.15, -0.1) is 0 Å². The van der Waals surface area contributed by atoms with Crippen molar-refractivity contribution < 1.29 is 19.1 Å². The van der Waals surface area contributed by atoms with Gasteiger partial charge in [-0.2, -0.15) is 0 Å². The van der Waals surface area contributed by atoms with Crippen molar-refractivity contribution in [1.82, 2.24) is 0 Å². The summed E-state index contributed by atoms with van der Waals surface area (Å²) in [4.78, 5) is 24.3. The third kappa shape index (κ3) is 3.15. The summed E-state index contributed by atoms with van der Waals surface area (Å²) in [6.45, 7) is 2.93. The Balaban J connectivity index is 2.27. The van der Waals surface area contributed by atoms with Crippen LogP contribution < -0.4 is 0 Å². The molecule has 0 spiro atoms. The summed E-state index contributed by atoms with van der Waals surface area (Å²) in [7, 11) is 0. The fourth-order valence-corrected chi connectivity index (χ4v) is 3.16. The molecule has 1 atom stereocenters. The molecule has 1 heterocycles. The van der Waals surface area contributed by atoms with Gasteiger partial charge in [0.1, 0.15) is 5.57 Å². The molecule has 2 aromatic rings. The maximum atomic E-state index is 12.6. The van der Waals surface area contributed by atoms with Crippen molar-refractivity contribution in [2.75, 3.05) is 0 Å². The highest BCUT2D eigenvalue weighted by molar-refractivity contribution is 6.36. The van der Waals surface area contributed by atoms with Gasteiger partial charge in [0.2, 0.25) is 0 Å². The Morgan fingerprint density at radius 1 is 1.12 bits per heavy atom. The monoisotopic (exact) mass is 376 g/mol. The Labute approximate surface area is 155 Å². The number of rotatable bonds is 3. The summed E-state index contributed by atoms with van der Waals surface area (Å²) in [5.74, 6) is -1.10. The molecular formula is C19H14Cl2O4. The van der Waals surface area contributed by atoms with Gasteiger partial charge in [0, 0.05) is 28.1 Å². The maximum Gasteiger partial charge on any atom is 0.343 e. The van der Waals surface area contributed by atoms with E-state index in [1.54, 1.807) is 37.3 Å². The quantitative estimate of drug-likeness (QED) is 0.725. The number of hydrogen-bond acceptors (Lipinski definition) is 4. The second-order valence-corrected chi connectivity index (χ2v) is 6.55. The van der Waals surface area contributed by atoms with Crippen LogP contribution in [0, 0.1) is 0 Å². The summed E-state index contributed by atoms with van der Waals surface area (Å²) in [6.07, 6.45) is 0. The van der Waals surface area contributed by atoms with Crippen LogP contribution in [0.4, 0.5) is 0 Å². The highest BCUT2D eigenvalue weighted by Crippen LogP contribution is 2.46. The Hall–Kier alpha value is -2.30. The Kier molecular flexibility index (Phi) is 4.58. The molecule has 0 saturated carbocycles. The van der Waals surface area contributed by atoms with Crippen molar-refractivity contribution in [1.29, 1.82) is 0 Å². The standard InChI is InChI=1S/C19H14Cl2O4/c1-11(22)24-17-16(14-10-13(20)8-9-15(14)21)18(23)25-19(17,2)12-6-4-3-5-7-12/h3-10H,1-2H3. The lowest BCUT2D eigenvalue weighted by Crippen LogP contribution is -2.27. The molecule has 25 heavy (non-hydrogen) atoms. The number of hydrogen-bond donors (Lipinski definition) is 0. The molecule has 3 rings (SSSR count). The Bertz CT molecular complexity index is 890. The summed E-state index contributed by atoms with van der Waals surface area (Å²) >= 11 is 12.3. The normalized spacial score (nSPS) is 19.8. The third-order valence-corrected chi connectivity index (χ3v) is 4.49. The van der Waals surface area contributed by atoms with Crippen LogP contribution in [0.15, 0.2) is 54.3 Å². The molecule has 1 aliphatic rings. The van der Waals surface area contributed by atoms with Crippen LogP contribution in [0.1, 0.15) is 25.0 Å². The molecular weight excluding hydrogens is 363 g/mol. The zero-order valence-electron chi connectivity index (χ0n) is 13.5. The van der Waals surface area contributed by atoms with Gasteiger partial charge in [0.05, 0.1) is 0 Å². The predicted molar refractivity (Wildman–Crippen MR) is 95.0 cm³/mol. The fraction of sp³-hybridized carbons (Fsp3) is 0.158. The molecule has 0 amide bonds. The molecule has 0 fully saturated rings. The first-order valence-electron chi connectivity index (χ1n) is 7.50. The number of carbonyl (C=O) groups is 2. The minimum Gasteiger partial charge on any atom is -0.442 e. The second-order valence-electron chi connectivity index (χ2n) is 5.71. The fourth-order valence-electron chi connectivity index (χ4n) is 2.77. The van der Waals surface area contributed by atoms with E-state index in [0.717, 1.165) is 0 Å². The molecule has 0 N–H and O–H groups in total. The lowest BCUT2D eigenvalue weighted by atomic mass is 9.91. The molecule has 0 aromatic heterocycles. The first-order valence-corrected chi connectivity index (χ1v) is 8.26. The summed E-state index contributed by atoms with van der Waals surface area (Å²) < 4.78 is 11.0. The van der Waals surface area contributed by atoms with Crippen molar-refractivity contribution >= 4 is 40.7 Å². The van der Waals surface area contributed by atoms with Gasteiger partial charge in [0.25, 0.3) is 0 Å². The highest BCUT2D eigenvalue weighted by Gasteiger charge is 2.48. The average Bonchev–Trinajstić information content (AvgIpc) is 2.82. The van der Waals surface area contributed by atoms with Gasteiger partial charge in [0.15, 0.2) is 11.4 Å². The SMILES string of the molecule is CC(=O)OC1=C(c2cc(Cl)ccc2Cl)C(=O)OC1(C)c1ccccc1. The smallest absolute Gasteiger partial charge is 0.343 e. The molecule has 0 radical (unpaired) electrons. The molecule has 0 bridgehead atoms. The first-order chi connectivity index (χ1) is 11.8. The minimum absolute atomic E-state index is 0.0917. The number of benzene rings is 2. The zero-order valence-corrected chi connectivity index (χ0v) is 15.0. The van der Waals surface area contributed by atoms with Crippen molar-refractivity contribution in [2.45, 2.75) is 19.4 Å². The van der Waals surface area contributed by atoms with Crippen LogP contribution in [-0.4, -0.2) is 11.9 Å². The summed E-state index contributed by atoms with van der Waals surface area (Å²) in [5, 5.41) is 0.702. The lowest BCUT2D eigenvalue weighted by Gasteiger charge is -2.26. The van der Waals surface area contributed by atoms with Crippen molar-refractivity contribution in [3.8, 4) is 0 Å². The lowest BCUT2D eigenvalue weighted by molar-refractivity contribution is -0.151. The number of carbonyl (C=O) groups excluding carboxylic acids is 2. The van der Waals surface area contributed by atoms with Crippen LogP contribution in [0.2, 0.25) is 10.0 Å². The van der Waals surface area contributed by atoms with E-state index in [2.05, 4.69) is 0 Å². The second kappa shape index (κ2) is 6.54.